The lowest BCUT2D eigenvalue weighted by atomic mass is 10.0. The summed E-state index contributed by atoms with van der Waals surface area (Å²) in [6, 6.07) is 0. The molecule has 0 unspecified atom stereocenters. The van der Waals surface area contributed by atoms with Gasteiger partial charge in [0.15, 0.2) is 5.65 Å². The molecule has 0 bridgehead atoms. The number of amides is 1. The van der Waals surface area contributed by atoms with Crippen molar-refractivity contribution in [1.29, 1.82) is 0 Å². The molecule has 20 heavy (non-hydrogen) atoms. The molecule has 0 aliphatic rings. The lowest BCUT2D eigenvalue weighted by molar-refractivity contribution is -0.125. The largest absolute Gasteiger partial charge is 0.368 e. The minimum absolute atomic E-state index is 0.408. The SMILES string of the molecule is CCn1nc(C)c2nc(CCCl)n(C(C)(C)C(N)=O)c21. The summed E-state index contributed by atoms with van der Waals surface area (Å²) >= 11 is 5.85. The molecule has 0 saturated carbocycles. The van der Waals surface area contributed by atoms with E-state index < -0.39 is 11.4 Å². The molecule has 110 valence electrons. The molecule has 2 aromatic rings. The van der Waals surface area contributed by atoms with Gasteiger partial charge in [-0.05, 0) is 27.7 Å². The zero-order chi connectivity index (χ0) is 15.1. The number of nitrogens with zero attached hydrogens (tertiary/aromatic N) is 4. The second kappa shape index (κ2) is 5.09. The topological polar surface area (TPSA) is 78.7 Å². The Hall–Kier alpha value is -1.56. The zero-order valence-corrected chi connectivity index (χ0v) is 13.0. The molecule has 0 atom stereocenters. The Morgan fingerprint density at radius 1 is 1.45 bits per heavy atom. The van der Waals surface area contributed by atoms with Crippen molar-refractivity contribution in [2.24, 2.45) is 5.73 Å². The van der Waals surface area contributed by atoms with Crippen LogP contribution in [-0.2, 0) is 23.3 Å². The van der Waals surface area contributed by atoms with Crippen LogP contribution in [0, 0.1) is 6.92 Å². The molecule has 0 radical (unpaired) electrons. The Labute approximate surface area is 122 Å². The van der Waals surface area contributed by atoms with Crippen LogP contribution >= 0.6 is 11.6 Å². The number of hydrogen-bond acceptors (Lipinski definition) is 3. The Balaban J connectivity index is 2.83. The van der Waals surface area contributed by atoms with Crippen molar-refractivity contribution < 1.29 is 4.79 Å². The Morgan fingerprint density at radius 2 is 2.10 bits per heavy atom. The number of nitrogens with two attached hydrogens (primary N) is 1. The van der Waals surface area contributed by atoms with Crippen LogP contribution in [0.1, 0.15) is 32.3 Å². The van der Waals surface area contributed by atoms with E-state index in [1.54, 1.807) is 13.8 Å². The fourth-order valence-electron chi connectivity index (χ4n) is 2.38. The molecule has 6 nitrogen and oxygen atoms in total. The van der Waals surface area contributed by atoms with Gasteiger partial charge in [0.2, 0.25) is 5.91 Å². The number of rotatable bonds is 5. The van der Waals surface area contributed by atoms with Crippen LogP contribution < -0.4 is 5.73 Å². The molecule has 0 fully saturated rings. The van der Waals surface area contributed by atoms with Crippen LogP contribution in [0.15, 0.2) is 0 Å². The third-order valence-corrected chi connectivity index (χ3v) is 3.75. The standard InChI is InChI=1S/C13H20ClN5O/c1-5-18-11-10(8(2)17-18)16-9(6-7-14)19(11)13(3,4)12(15)20/h5-7H2,1-4H3,(H2,15,20). The summed E-state index contributed by atoms with van der Waals surface area (Å²) in [5, 5.41) is 4.45. The second-order valence-corrected chi connectivity index (χ2v) is 5.68. The fourth-order valence-corrected chi connectivity index (χ4v) is 2.55. The average Bonchev–Trinajstić information content (AvgIpc) is 2.88. The number of carbonyl (C=O) groups excluding carboxylic acids is 1. The molecule has 0 aliphatic carbocycles. The van der Waals surface area contributed by atoms with E-state index in [2.05, 4.69) is 10.1 Å². The number of aryl methyl sites for hydroxylation is 3. The first-order valence-electron chi connectivity index (χ1n) is 6.65. The minimum Gasteiger partial charge on any atom is -0.368 e. The monoisotopic (exact) mass is 297 g/mol. The van der Waals surface area contributed by atoms with Crippen LogP contribution in [-0.4, -0.2) is 31.1 Å². The van der Waals surface area contributed by atoms with Gasteiger partial charge in [-0.15, -0.1) is 11.6 Å². The van der Waals surface area contributed by atoms with E-state index in [0.29, 0.717) is 18.8 Å². The highest BCUT2D eigenvalue weighted by Crippen LogP contribution is 2.27. The summed E-state index contributed by atoms with van der Waals surface area (Å²) in [6.07, 6.45) is 0.579. The number of fused-ring (bicyclic) bond motifs is 1. The molecular weight excluding hydrogens is 278 g/mol. The highest BCUT2D eigenvalue weighted by molar-refractivity contribution is 6.17. The van der Waals surface area contributed by atoms with Crippen LogP contribution in [0.25, 0.3) is 11.2 Å². The quantitative estimate of drug-likeness (QED) is 0.851. The molecule has 1 amide bonds. The normalized spacial score (nSPS) is 12.2. The number of imidazole rings is 1. The van der Waals surface area contributed by atoms with E-state index in [1.165, 1.54) is 0 Å². The van der Waals surface area contributed by atoms with Gasteiger partial charge in [0, 0.05) is 18.8 Å². The number of primary amides is 1. The van der Waals surface area contributed by atoms with Crippen LogP contribution in [0.4, 0.5) is 0 Å². The van der Waals surface area contributed by atoms with Crippen molar-refractivity contribution in [2.75, 3.05) is 5.88 Å². The van der Waals surface area contributed by atoms with E-state index >= 15 is 0 Å². The minimum atomic E-state index is -0.879. The van der Waals surface area contributed by atoms with E-state index in [-0.39, 0.29) is 0 Å². The molecule has 7 heteroatoms. The van der Waals surface area contributed by atoms with Gasteiger partial charge in [-0.3, -0.25) is 9.36 Å². The third-order valence-electron chi connectivity index (χ3n) is 3.56. The van der Waals surface area contributed by atoms with Gasteiger partial charge in [-0.25, -0.2) is 9.67 Å². The number of alkyl halides is 1. The first-order chi connectivity index (χ1) is 9.34. The lowest BCUT2D eigenvalue weighted by Gasteiger charge is -2.25. The summed E-state index contributed by atoms with van der Waals surface area (Å²) in [6.45, 7) is 8.19. The van der Waals surface area contributed by atoms with Gasteiger partial charge in [-0.2, -0.15) is 5.10 Å². The van der Waals surface area contributed by atoms with Crippen LogP contribution in [0.3, 0.4) is 0 Å². The number of halogens is 1. The van der Waals surface area contributed by atoms with E-state index in [9.17, 15) is 4.79 Å². The number of carbonyl (C=O) groups is 1. The molecule has 2 N–H and O–H groups in total. The summed E-state index contributed by atoms with van der Waals surface area (Å²) < 4.78 is 3.72. The molecule has 0 saturated heterocycles. The first-order valence-corrected chi connectivity index (χ1v) is 7.19. The Bertz CT molecular complexity index is 655. The fraction of sp³-hybridized carbons (Fsp3) is 0.615. The van der Waals surface area contributed by atoms with Gasteiger partial charge < -0.3 is 5.73 Å². The van der Waals surface area contributed by atoms with Crippen molar-refractivity contribution >= 4 is 28.7 Å². The second-order valence-electron chi connectivity index (χ2n) is 5.30. The van der Waals surface area contributed by atoms with Crippen LogP contribution in [0.5, 0.6) is 0 Å². The molecule has 0 aromatic carbocycles. The van der Waals surface area contributed by atoms with Crippen molar-refractivity contribution in [1.82, 2.24) is 19.3 Å². The highest BCUT2D eigenvalue weighted by Gasteiger charge is 2.33. The predicted octanol–water partition coefficient (Wildman–Crippen LogP) is 1.56. The molecular formula is C13H20ClN5O. The maximum atomic E-state index is 11.8. The summed E-state index contributed by atoms with van der Waals surface area (Å²) in [4.78, 5) is 16.4. The Morgan fingerprint density at radius 3 is 2.60 bits per heavy atom. The summed E-state index contributed by atoms with van der Waals surface area (Å²) in [7, 11) is 0. The van der Waals surface area contributed by atoms with Crippen LogP contribution in [0.2, 0.25) is 0 Å². The first kappa shape index (κ1) is 14.8. The predicted molar refractivity (Wildman–Crippen MR) is 78.9 cm³/mol. The van der Waals surface area contributed by atoms with Gasteiger partial charge in [-0.1, -0.05) is 0 Å². The van der Waals surface area contributed by atoms with Gasteiger partial charge in [0.25, 0.3) is 0 Å². The summed E-state index contributed by atoms with van der Waals surface area (Å²) in [5.74, 6) is 0.795. The van der Waals surface area contributed by atoms with Crippen molar-refractivity contribution in [3.05, 3.63) is 11.5 Å². The molecule has 2 heterocycles. The van der Waals surface area contributed by atoms with E-state index in [0.717, 1.165) is 22.7 Å². The summed E-state index contributed by atoms with van der Waals surface area (Å²) in [5.41, 5.74) is 7.16. The average molecular weight is 298 g/mol. The van der Waals surface area contributed by atoms with Gasteiger partial charge >= 0.3 is 0 Å². The highest BCUT2D eigenvalue weighted by atomic mass is 35.5. The third kappa shape index (κ3) is 2.08. The van der Waals surface area contributed by atoms with Gasteiger partial charge in [0.05, 0.1) is 5.69 Å². The maximum Gasteiger partial charge on any atom is 0.243 e. The Kier molecular flexibility index (Phi) is 3.77. The molecule has 0 aliphatic heterocycles. The zero-order valence-electron chi connectivity index (χ0n) is 12.3. The number of aromatic nitrogens is 4. The smallest absolute Gasteiger partial charge is 0.243 e. The van der Waals surface area contributed by atoms with E-state index in [1.807, 2.05) is 23.1 Å². The van der Waals surface area contributed by atoms with Gasteiger partial charge in [0.1, 0.15) is 16.9 Å². The van der Waals surface area contributed by atoms with E-state index in [4.69, 9.17) is 17.3 Å². The maximum absolute atomic E-state index is 11.8. The molecule has 2 aromatic heterocycles. The van der Waals surface area contributed by atoms with Crippen molar-refractivity contribution in [3.8, 4) is 0 Å². The molecule has 2 rings (SSSR count). The number of hydrogen-bond donors (Lipinski definition) is 1. The van der Waals surface area contributed by atoms with Crippen molar-refractivity contribution in [2.45, 2.75) is 46.2 Å². The van der Waals surface area contributed by atoms with Crippen molar-refractivity contribution in [3.63, 3.8) is 0 Å². The molecule has 0 spiro atoms. The lowest BCUT2D eigenvalue weighted by Crippen LogP contribution is -2.42.